The number of nitrogens with one attached hydrogen (secondary N) is 1. The number of nitrogens with zero attached hydrogens (tertiary/aromatic N) is 3. The Balaban J connectivity index is 2.36. The first-order valence-corrected chi connectivity index (χ1v) is 7.29. The van der Waals surface area contributed by atoms with Crippen molar-refractivity contribution in [3.63, 3.8) is 0 Å². The van der Waals surface area contributed by atoms with Crippen LogP contribution in [0.4, 0.5) is 0 Å². The van der Waals surface area contributed by atoms with Crippen LogP contribution >= 0.6 is 0 Å². The second-order valence-corrected chi connectivity index (χ2v) is 5.65. The molecule has 0 bridgehead atoms. The van der Waals surface area contributed by atoms with E-state index >= 15 is 0 Å². The minimum absolute atomic E-state index is 0.623. The Morgan fingerprint density at radius 2 is 2.11 bits per heavy atom. The Bertz CT molecular complexity index is 293. The van der Waals surface area contributed by atoms with Crippen molar-refractivity contribution in [1.82, 2.24) is 15.1 Å². The molecule has 4 nitrogen and oxygen atoms in total. The molecule has 1 rings (SSSR count). The van der Waals surface area contributed by atoms with E-state index in [1.807, 2.05) is 13.1 Å². The molecule has 0 radical (unpaired) electrons. The molecular formula is C15H30N4. The highest BCUT2D eigenvalue weighted by molar-refractivity contribution is 5.79. The molecular weight excluding hydrogens is 236 g/mol. The second-order valence-electron chi connectivity index (χ2n) is 5.65. The van der Waals surface area contributed by atoms with Gasteiger partial charge < -0.3 is 15.1 Å². The predicted molar refractivity (Wildman–Crippen MR) is 83.6 cm³/mol. The van der Waals surface area contributed by atoms with Crippen LogP contribution in [-0.2, 0) is 0 Å². The molecule has 0 spiro atoms. The van der Waals surface area contributed by atoms with Crippen LogP contribution in [0.2, 0.25) is 0 Å². The van der Waals surface area contributed by atoms with Crippen LogP contribution in [0.25, 0.3) is 0 Å². The molecule has 110 valence electrons. The molecule has 0 amide bonds. The standard InChI is InChI=1S/C15H30N4/c1-6-7-8-11-19(5)15(16-2)17-12-14(18(3)4)13-9-10-13/h6,13-14H,1,7-12H2,2-5H3,(H,16,17). The van der Waals surface area contributed by atoms with Crippen LogP contribution in [0.1, 0.15) is 25.7 Å². The van der Waals surface area contributed by atoms with E-state index in [0.717, 1.165) is 37.8 Å². The van der Waals surface area contributed by atoms with Gasteiger partial charge in [0.05, 0.1) is 0 Å². The van der Waals surface area contributed by atoms with E-state index in [1.54, 1.807) is 0 Å². The Morgan fingerprint density at radius 1 is 1.42 bits per heavy atom. The van der Waals surface area contributed by atoms with Crippen molar-refractivity contribution in [3.05, 3.63) is 12.7 Å². The summed E-state index contributed by atoms with van der Waals surface area (Å²) in [5.74, 6) is 1.86. The monoisotopic (exact) mass is 266 g/mol. The van der Waals surface area contributed by atoms with Gasteiger partial charge in [-0.25, -0.2) is 0 Å². The van der Waals surface area contributed by atoms with Gasteiger partial charge in [-0.3, -0.25) is 4.99 Å². The van der Waals surface area contributed by atoms with Crippen molar-refractivity contribution in [1.29, 1.82) is 0 Å². The Hall–Kier alpha value is -1.03. The van der Waals surface area contributed by atoms with Crippen LogP contribution in [0.3, 0.4) is 0 Å². The highest BCUT2D eigenvalue weighted by atomic mass is 15.3. The van der Waals surface area contributed by atoms with Gasteiger partial charge in [0.25, 0.3) is 0 Å². The summed E-state index contributed by atoms with van der Waals surface area (Å²) >= 11 is 0. The average Bonchev–Trinajstić information content (AvgIpc) is 3.18. The van der Waals surface area contributed by atoms with E-state index in [1.165, 1.54) is 12.8 Å². The van der Waals surface area contributed by atoms with Gasteiger partial charge in [-0.05, 0) is 45.7 Å². The van der Waals surface area contributed by atoms with Crippen LogP contribution in [-0.4, -0.2) is 63.1 Å². The first-order chi connectivity index (χ1) is 9.10. The van der Waals surface area contributed by atoms with Gasteiger partial charge in [-0.1, -0.05) is 6.08 Å². The van der Waals surface area contributed by atoms with Crippen LogP contribution in [0.5, 0.6) is 0 Å². The zero-order valence-corrected chi connectivity index (χ0v) is 13.0. The summed E-state index contributed by atoms with van der Waals surface area (Å²) in [6.07, 6.45) is 6.90. The number of hydrogen-bond donors (Lipinski definition) is 1. The summed E-state index contributed by atoms with van der Waals surface area (Å²) in [7, 11) is 8.29. The summed E-state index contributed by atoms with van der Waals surface area (Å²) in [5.41, 5.74) is 0. The molecule has 1 unspecified atom stereocenters. The molecule has 0 saturated heterocycles. The van der Waals surface area contributed by atoms with E-state index in [-0.39, 0.29) is 0 Å². The molecule has 0 aromatic heterocycles. The summed E-state index contributed by atoms with van der Waals surface area (Å²) in [4.78, 5) is 8.89. The summed E-state index contributed by atoms with van der Waals surface area (Å²) in [6, 6.07) is 0.623. The molecule has 1 aliphatic carbocycles. The van der Waals surface area contributed by atoms with Crippen molar-refractivity contribution >= 4 is 5.96 Å². The van der Waals surface area contributed by atoms with Gasteiger partial charge in [-0.2, -0.15) is 0 Å². The fourth-order valence-corrected chi connectivity index (χ4v) is 2.41. The topological polar surface area (TPSA) is 30.9 Å². The lowest BCUT2D eigenvalue weighted by atomic mass is 10.1. The van der Waals surface area contributed by atoms with Crippen molar-refractivity contribution in [3.8, 4) is 0 Å². The highest BCUT2D eigenvalue weighted by Crippen LogP contribution is 2.34. The smallest absolute Gasteiger partial charge is 0.193 e. The minimum atomic E-state index is 0.623. The molecule has 19 heavy (non-hydrogen) atoms. The average molecular weight is 266 g/mol. The normalized spacial score (nSPS) is 17.4. The fourth-order valence-electron chi connectivity index (χ4n) is 2.41. The van der Waals surface area contributed by atoms with E-state index in [2.05, 4.69) is 47.8 Å². The van der Waals surface area contributed by atoms with Gasteiger partial charge in [-0.15, -0.1) is 6.58 Å². The van der Waals surface area contributed by atoms with Gasteiger partial charge in [0.15, 0.2) is 5.96 Å². The molecule has 4 heteroatoms. The maximum atomic E-state index is 4.36. The Morgan fingerprint density at radius 3 is 2.58 bits per heavy atom. The van der Waals surface area contributed by atoms with Crippen molar-refractivity contribution in [2.75, 3.05) is 41.3 Å². The number of likely N-dealkylation sites (N-methyl/N-ethyl adjacent to an activating group) is 1. The van der Waals surface area contributed by atoms with Crippen LogP contribution in [0.15, 0.2) is 17.6 Å². The van der Waals surface area contributed by atoms with Gasteiger partial charge in [0.2, 0.25) is 0 Å². The summed E-state index contributed by atoms with van der Waals surface area (Å²) in [6.45, 7) is 5.76. The van der Waals surface area contributed by atoms with Gasteiger partial charge >= 0.3 is 0 Å². The zero-order valence-electron chi connectivity index (χ0n) is 13.0. The maximum absolute atomic E-state index is 4.36. The summed E-state index contributed by atoms with van der Waals surface area (Å²) in [5, 5.41) is 3.51. The molecule has 0 aliphatic heterocycles. The third-order valence-corrected chi connectivity index (χ3v) is 3.77. The lowest BCUT2D eigenvalue weighted by molar-refractivity contribution is 0.262. The molecule has 0 aromatic rings. The van der Waals surface area contributed by atoms with Gasteiger partial charge in [0.1, 0.15) is 0 Å². The quantitative estimate of drug-likeness (QED) is 0.314. The first kappa shape index (κ1) is 16.0. The SMILES string of the molecule is C=CCCCN(C)C(=NC)NCC(C1CC1)N(C)C. The Labute approximate surface area is 118 Å². The number of rotatable bonds is 8. The lowest BCUT2D eigenvalue weighted by Crippen LogP contribution is -2.46. The van der Waals surface area contributed by atoms with E-state index in [0.29, 0.717) is 6.04 Å². The molecule has 1 fully saturated rings. The molecule has 1 N–H and O–H groups in total. The highest BCUT2D eigenvalue weighted by Gasteiger charge is 2.32. The lowest BCUT2D eigenvalue weighted by Gasteiger charge is -2.28. The number of guanidine groups is 1. The fraction of sp³-hybridized carbons (Fsp3) is 0.800. The van der Waals surface area contributed by atoms with Crippen molar-refractivity contribution < 1.29 is 0 Å². The second kappa shape index (κ2) is 8.20. The van der Waals surface area contributed by atoms with Crippen molar-refractivity contribution in [2.45, 2.75) is 31.7 Å². The minimum Gasteiger partial charge on any atom is -0.355 e. The van der Waals surface area contributed by atoms with Crippen LogP contribution in [0, 0.1) is 5.92 Å². The number of hydrogen-bond acceptors (Lipinski definition) is 2. The maximum Gasteiger partial charge on any atom is 0.193 e. The first-order valence-electron chi connectivity index (χ1n) is 7.29. The van der Waals surface area contributed by atoms with Crippen LogP contribution < -0.4 is 5.32 Å². The zero-order chi connectivity index (χ0) is 14.3. The molecule has 1 aliphatic rings. The molecule has 0 aromatic carbocycles. The molecule has 1 atom stereocenters. The van der Waals surface area contributed by atoms with Crippen molar-refractivity contribution in [2.24, 2.45) is 10.9 Å². The van der Waals surface area contributed by atoms with E-state index < -0.39 is 0 Å². The third-order valence-electron chi connectivity index (χ3n) is 3.77. The van der Waals surface area contributed by atoms with E-state index in [4.69, 9.17) is 0 Å². The number of aliphatic imine (C=N–C) groups is 1. The molecule has 0 heterocycles. The summed E-state index contributed by atoms with van der Waals surface area (Å²) < 4.78 is 0. The largest absolute Gasteiger partial charge is 0.355 e. The third kappa shape index (κ3) is 5.64. The van der Waals surface area contributed by atoms with Gasteiger partial charge in [0, 0.05) is 33.2 Å². The predicted octanol–water partition coefficient (Wildman–Crippen LogP) is 1.80. The Kier molecular flexibility index (Phi) is 6.92. The molecule has 1 saturated carbocycles. The number of unbranched alkanes of at least 4 members (excludes halogenated alkanes) is 1. The number of allylic oxidation sites excluding steroid dienone is 1. The van der Waals surface area contributed by atoms with E-state index in [9.17, 15) is 0 Å².